The Morgan fingerprint density at radius 2 is 2.00 bits per heavy atom. The predicted octanol–water partition coefficient (Wildman–Crippen LogP) is 2.46. The molecule has 0 aromatic rings. The summed E-state index contributed by atoms with van der Waals surface area (Å²) < 4.78 is 5.31. The van der Waals surface area contributed by atoms with Gasteiger partial charge in [-0.2, -0.15) is 0 Å². The molecule has 1 unspecified atom stereocenters. The molecule has 1 aliphatic heterocycles. The van der Waals surface area contributed by atoms with Gasteiger partial charge in [0.2, 0.25) is 0 Å². The van der Waals surface area contributed by atoms with Crippen LogP contribution >= 0.6 is 0 Å². The van der Waals surface area contributed by atoms with Crippen molar-refractivity contribution in [3.8, 4) is 0 Å². The summed E-state index contributed by atoms with van der Waals surface area (Å²) >= 11 is 0. The van der Waals surface area contributed by atoms with Crippen LogP contribution in [0.4, 0.5) is 0 Å². The van der Waals surface area contributed by atoms with E-state index in [0.29, 0.717) is 0 Å². The van der Waals surface area contributed by atoms with Gasteiger partial charge in [0.25, 0.3) is 0 Å². The van der Waals surface area contributed by atoms with Gasteiger partial charge in [-0.05, 0) is 12.8 Å². The van der Waals surface area contributed by atoms with Crippen LogP contribution in [-0.2, 0) is 4.74 Å². The van der Waals surface area contributed by atoms with Crippen molar-refractivity contribution in [2.24, 2.45) is 5.73 Å². The minimum atomic E-state index is 0.0201. The zero-order chi connectivity index (χ0) is 9.57. The Balaban J connectivity index is 1.98. The van der Waals surface area contributed by atoms with Gasteiger partial charge >= 0.3 is 0 Å². The third-order valence-electron chi connectivity index (χ3n) is 2.91. The normalized spacial score (nSPS) is 28.2. The smallest absolute Gasteiger partial charge is 0.0647 e. The molecule has 2 heteroatoms. The highest BCUT2D eigenvalue weighted by molar-refractivity contribution is 4.87. The number of hydrogen-bond acceptors (Lipinski definition) is 2. The molecule has 0 aliphatic carbocycles. The fraction of sp³-hybridized carbons (Fsp3) is 1.00. The second-order valence-electron chi connectivity index (χ2n) is 4.33. The molecule has 1 aliphatic rings. The molecule has 0 saturated carbocycles. The summed E-state index contributed by atoms with van der Waals surface area (Å²) in [4.78, 5) is 0. The monoisotopic (exact) mass is 185 g/mol. The van der Waals surface area contributed by atoms with Crippen LogP contribution in [0.2, 0.25) is 0 Å². The molecule has 78 valence electrons. The van der Waals surface area contributed by atoms with Crippen molar-refractivity contribution < 1.29 is 4.74 Å². The van der Waals surface area contributed by atoms with Crippen LogP contribution in [0.5, 0.6) is 0 Å². The Morgan fingerprint density at radius 1 is 1.23 bits per heavy atom. The summed E-state index contributed by atoms with van der Waals surface area (Å²) in [6.45, 7) is 3.89. The van der Waals surface area contributed by atoms with E-state index in [9.17, 15) is 0 Å². The summed E-state index contributed by atoms with van der Waals surface area (Å²) in [7, 11) is 0. The van der Waals surface area contributed by atoms with Crippen molar-refractivity contribution in [3.63, 3.8) is 0 Å². The fourth-order valence-electron chi connectivity index (χ4n) is 1.90. The maximum atomic E-state index is 6.15. The van der Waals surface area contributed by atoms with Crippen LogP contribution in [0.3, 0.4) is 0 Å². The van der Waals surface area contributed by atoms with Crippen LogP contribution in [-0.4, -0.2) is 18.8 Å². The highest BCUT2D eigenvalue weighted by Crippen LogP contribution is 2.22. The molecule has 2 N–H and O–H groups in total. The minimum absolute atomic E-state index is 0.0201. The van der Waals surface area contributed by atoms with Crippen molar-refractivity contribution in [3.05, 3.63) is 0 Å². The topological polar surface area (TPSA) is 35.2 Å². The Hall–Kier alpha value is -0.0800. The number of unbranched alkanes of at least 4 members (excludes halogenated alkanes) is 4. The van der Waals surface area contributed by atoms with Gasteiger partial charge in [0.15, 0.2) is 0 Å². The lowest BCUT2D eigenvalue weighted by Gasteiger charge is -2.21. The maximum absolute atomic E-state index is 6.15. The second-order valence-corrected chi connectivity index (χ2v) is 4.33. The Labute approximate surface area is 81.8 Å². The van der Waals surface area contributed by atoms with Crippen LogP contribution < -0.4 is 5.73 Å². The van der Waals surface area contributed by atoms with Crippen LogP contribution in [0, 0.1) is 0 Å². The second kappa shape index (κ2) is 5.61. The number of nitrogens with two attached hydrogens (primary N) is 1. The lowest BCUT2D eigenvalue weighted by atomic mass is 9.92. The molecule has 0 bridgehead atoms. The molecule has 0 radical (unpaired) electrons. The lowest BCUT2D eigenvalue weighted by molar-refractivity contribution is 0.174. The van der Waals surface area contributed by atoms with Gasteiger partial charge in [0.05, 0.1) is 6.61 Å². The summed E-state index contributed by atoms with van der Waals surface area (Å²) in [6, 6.07) is 0. The van der Waals surface area contributed by atoms with E-state index >= 15 is 0 Å². The average Bonchev–Trinajstić information content (AvgIpc) is 2.53. The standard InChI is InChI=1S/C11H23NO/c1-2-3-4-5-6-7-11(12)8-9-13-10-11/h2-10,12H2,1H3. The molecule has 1 fully saturated rings. The molecular weight excluding hydrogens is 162 g/mol. The van der Waals surface area contributed by atoms with E-state index in [0.717, 1.165) is 26.1 Å². The molecular formula is C11H23NO. The maximum Gasteiger partial charge on any atom is 0.0647 e. The summed E-state index contributed by atoms with van der Waals surface area (Å²) in [5.74, 6) is 0. The van der Waals surface area contributed by atoms with Gasteiger partial charge in [-0.25, -0.2) is 0 Å². The van der Waals surface area contributed by atoms with E-state index in [1.165, 1.54) is 32.1 Å². The highest BCUT2D eigenvalue weighted by Gasteiger charge is 2.29. The Kier molecular flexibility index (Phi) is 4.74. The zero-order valence-corrected chi connectivity index (χ0v) is 8.85. The zero-order valence-electron chi connectivity index (χ0n) is 8.85. The molecule has 0 aromatic carbocycles. The molecule has 13 heavy (non-hydrogen) atoms. The van der Waals surface area contributed by atoms with Crippen LogP contribution in [0.1, 0.15) is 51.9 Å². The van der Waals surface area contributed by atoms with E-state index in [1.54, 1.807) is 0 Å². The quantitative estimate of drug-likeness (QED) is 0.645. The van der Waals surface area contributed by atoms with E-state index in [1.807, 2.05) is 0 Å². The minimum Gasteiger partial charge on any atom is -0.379 e. The van der Waals surface area contributed by atoms with Crippen LogP contribution in [0.25, 0.3) is 0 Å². The fourth-order valence-corrected chi connectivity index (χ4v) is 1.90. The molecule has 0 spiro atoms. The molecule has 2 nitrogen and oxygen atoms in total. The SMILES string of the molecule is CCCCCCCC1(N)CCOC1. The molecule has 0 amide bonds. The Bertz CT molecular complexity index is 130. The lowest BCUT2D eigenvalue weighted by Crippen LogP contribution is -2.40. The van der Waals surface area contributed by atoms with Crippen LogP contribution in [0.15, 0.2) is 0 Å². The van der Waals surface area contributed by atoms with Gasteiger partial charge in [0, 0.05) is 12.1 Å². The number of hydrogen-bond donors (Lipinski definition) is 1. The van der Waals surface area contributed by atoms with Gasteiger partial charge in [-0.1, -0.05) is 39.0 Å². The Morgan fingerprint density at radius 3 is 2.62 bits per heavy atom. The largest absolute Gasteiger partial charge is 0.379 e. The average molecular weight is 185 g/mol. The van der Waals surface area contributed by atoms with E-state index in [2.05, 4.69) is 6.92 Å². The molecule has 0 aromatic heterocycles. The number of rotatable bonds is 6. The van der Waals surface area contributed by atoms with Crippen molar-refractivity contribution in [1.29, 1.82) is 0 Å². The third-order valence-corrected chi connectivity index (χ3v) is 2.91. The first-order valence-electron chi connectivity index (χ1n) is 5.63. The van der Waals surface area contributed by atoms with E-state index < -0.39 is 0 Å². The first-order valence-corrected chi connectivity index (χ1v) is 5.63. The summed E-state index contributed by atoms with van der Waals surface area (Å²) in [6.07, 6.45) is 8.88. The van der Waals surface area contributed by atoms with E-state index in [4.69, 9.17) is 10.5 Å². The predicted molar refractivity (Wildman–Crippen MR) is 55.7 cm³/mol. The van der Waals surface area contributed by atoms with Crippen molar-refractivity contribution in [2.75, 3.05) is 13.2 Å². The highest BCUT2D eigenvalue weighted by atomic mass is 16.5. The van der Waals surface area contributed by atoms with Gasteiger partial charge < -0.3 is 10.5 Å². The first-order chi connectivity index (χ1) is 6.27. The number of ether oxygens (including phenoxy) is 1. The molecule has 1 saturated heterocycles. The van der Waals surface area contributed by atoms with Crippen molar-refractivity contribution >= 4 is 0 Å². The first kappa shape index (κ1) is 11.0. The summed E-state index contributed by atoms with van der Waals surface area (Å²) in [5, 5.41) is 0. The van der Waals surface area contributed by atoms with Gasteiger partial charge in [-0.3, -0.25) is 0 Å². The van der Waals surface area contributed by atoms with Crippen molar-refractivity contribution in [1.82, 2.24) is 0 Å². The molecule has 1 rings (SSSR count). The van der Waals surface area contributed by atoms with Crippen molar-refractivity contribution in [2.45, 2.75) is 57.4 Å². The molecule has 1 atom stereocenters. The third kappa shape index (κ3) is 4.10. The van der Waals surface area contributed by atoms with E-state index in [-0.39, 0.29) is 5.54 Å². The molecule has 1 heterocycles. The van der Waals surface area contributed by atoms with Gasteiger partial charge in [0.1, 0.15) is 0 Å². The van der Waals surface area contributed by atoms with Gasteiger partial charge in [-0.15, -0.1) is 0 Å². The summed E-state index contributed by atoms with van der Waals surface area (Å²) in [5.41, 5.74) is 6.17.